The van der Waals surface area contributed by atoms with Crippen LogP contribution in [0.25, 0.3) is 10.9 Å². The quantitative estimate of drug-likeness (QED) is 0.920. The molecule has 2 aromatic rings. The molecule has 4 rings (SSSR count). The monoisotopic (exact) mass is 327 g/mol. The molecule has 2 atom stereocenters. The number of amides is 2. The molecule has 0 bridgehead atoms. The van der Waals surface area contributed by atoms with E-state index in [-0.39, 0.29) is 30.5 Å². The molecule has 24 heavy (non-hydrogen) atoms. The molecular weight excluding hydrogens is 306 g/mol. The van der Waals surface area contributed by atoms with E-state index in [1.54, 1.807) is 12.0 Å². The third-order valence-electron chi connectivity index (χ3n) is 5.16. The Labute approximate surface area is 140 Å². The molecule has 3 heterocycles. The molecule has 0 unspecified atom stereocenters. The van der Waals surface area contributed by atoms with E-state index in [0.29, 0.717) is 19.5 Å². The van der Waals surface area contributed by atoms with Gasteiger partial charge >= 0.3 is 0 Å². The lowest BCUT2D eigenvalue weighted by Gasteiger charge is -2.36. The topological polar surface area (TPSA) is 65.6 Å². The minimum atomic E-state index is 0.00798. The van der Waals surface area contributed by atoms with Gasteiger partial charge in [-0.1, -0.05) is 18.2 Å². The molecule has 6 nitrogen and oxygen atoms in total. The van der Waals surface area contributed by atoms with E-state index in [4.69, 9.17) is 4.74 Å². The minimum Gasteiger partial charge on any atom is -0.380 e. The third kappa shape index (κ3) is 2.57. The first-order valence-corrected chi connectivity index (χ1v) is 8.30. The van der Waals surface area contributed by atoms with Crippen LogP contribution in [-0.2, 0) is 20.7 Å². The van der Waals surface area contributed by atoms with Gasteiger partial charge in [-0.05, 0) is 18.1 Å². The maximum absolute atomic E-state index is 12.7. The van der Waals surface area contributed by atoms with Crippen molar-refractivity contribution in [1.82, 2.24) is 14.8 Å². The number of hydrogen-bond donors (Lipinski definition) is 1. The van der Waals surface area contributed by atoms with E-state index in [2.05, 4.69) is 4.98 Å². The fourth-order valence-corrected chi connectivity index (χ4v) is 3.84. The smallest absolute Gasteiger partial charge is 0.242 e. The number of aromatic amines is 1. The zero-order chi connectivity index (χ0) is 16.7. The first-order chi connectivity index (χ1) is 11.7. The molecule has 2 saturated heterocycles. The van der Waals surface area contributed by atoms with Crippen LogP contribution in [0.3, 0.4) is 0 Å². The van der Waals surface area contributed by atoms with Crippen molar-refractivity contribution in [3.63, 3.8) is 0 Å². The van der Waals surface area contributed by atoms with Crippen LogP contribution in [0.2, 0.25) is 0 Å². The summed E-state index contributed by atoms with van der Waals surface area (Å²) < 4.78 is 5.38. The van der Waals surface area contributed by atoms with Crippen molar-refractivity contribution in [3.05, 3.63) is 36.0 Å². The van der Waals surface area contributed by atoms with Gasteiger partial charge in [-0.25, -0.2) is 0 Å². The average molecular weight is 327 g/mol. The summed E-state index contributed by atoms with van der Waals surface area (Å²) in [6.07, 6.45) is 3.09. The Bertz CT molecular complexity index is 785. The number of benzene rings is 1. The molecule has 2 amide bonds. The lowest BCUT2D eigenvalue weighted by molar-refractivity contribution is -0.146. The Kier molecular flexibility index (Phi) is 3.76. The molecule has 6 heteroatoms. The lowest BCUT2D eigenvalue weighted by Crippen LogP contribution is -2.55. The van der Waals surface area contributed by atoms with Gasteiger partial charge in [-0.15, -0.1) is 0 Å². The highest BCUT2D eigenvalue weighted by molar-refractivity contribution is 5.91. The number of carbonyl (C=O) groups is 2. The molecule has 0 spiro atoms. The number of hydrogen-bond acceptors (Lipinski definition) is 3. The summed E-state index contributed by atoms with van der Waals surface area (Å²) in [6, 6.07) is 8.03. The van der Waals surface area contributed by atoms with Gasteiger partial charge in [-0.3, -0.25) is 9.59 Å². The second kappa shape index (κ2) is 5.94. The summed E-state index contributed by atoms with van der Waals surface area (Å²) >= 11 is 0. The van der Waals surface area contributed by atoms with Gasteiger partial charge in [0.15, 0.2) is 0 Å². The highest BCUT2D eigenvalue weighted by atomic mass is 16.5. The van der Waals surface area contributed by atoms with Crippen molar-refractivity contribution in [2.45, 2.75) is 25.0 Å². The number of rotatable bonds is 3. The maximum atomic E-state index is 12.7. The highest BCUT2D eigenvalue weighted by Gasteiger charge is 2.41. The summed E-state index contributed by atoms with van der Waals surface area (Å²) in [6.45, 7) is 1.42. The fraction of sp³-hybridized carbons (Fsp3) is 0.444. The van der Waals surface area contributed by atoms with Crippen LogP contribution in [-0.4, -0.2) is 65.5 Å². The van der Waals surface area contributed by atoms with Crippen molar-refractivity contribution >= 4 is 22.7 Å². The summed E-state index contributed by atoms with van der Waals surface area (Å²) in [5.74, 6) is 0.0340. The van der Waals surface area contributed by atoms with Crippen molar-refractivity contribution in [1.29, 1.82) is 0 Å². The number of carbonyl (C=O) groups excluding carboxylic acids is 2. The van der Waals surface area contributed by atoms with E-state index < -0.39 is 0 Å². The van der Waals surface area contributed by atoms with Gasteiger partial charge in [0.05, 0.1) is 25.1 Å². The lowest BCUT2D eigenvalue weighted by atomic mass is 10.1. The summed E-state index contributed by atoms with van der Waals surface area (Å²) in [4.78, 5) is 31.8. The van der Waals surface area contributed by atoms with Crippen molar-refractivity contribution in [2.24, 2.45) is 0 Å². The van der Waals surface area contributed by atoms with Gasteiger partial charge in [0.1, 0.15) is 0 Å². The number of nitrogens with one attached hydrogen (secondary N) is 1. The van der Waals surface area contributed by atoms with E-state index in [0.717, 1.165) is 22.9 Å². The maximum Gasteiger partial charge on any atom is 0.242 e. The normalized spacial score (nSPS) is 23.8. The van der Waals surface area contributed by atoms with Crippen LogP contribution in [0.5, 0.6) is 0 Å². The minimum absolute atomic E-state index is 0.00798. The van der Waals surface area contributed by atoms with Crippen LogP contribution < -0.4 is 0 Å². The van der Waals surface area contributed by atoms with E-state index in [1.165, 1.54) is 0 Å². The molecule has 0 radical (unpaired) electrons. The third-order valence-corrected chi connectivity index (χ3v) is 5.16. The van der Waals surface area contributed by atoms with Crippen LogP contribution in [0.4, 0.5) is 0 Å². The summed E-state index contributed by atoms with van der Waals surface area (Å²) in [5, 5.41) is 1.07. The Balaban J connectivity index is 1.48. The van der Waals surface area contributed by atoms with Crippen LogP contribution in [0.1, 0.15) is 12.0 Å². The van der Waals surface area contributed by atoms with Crippen molar-refractivity contribution in [3.8, 4) is 0 Å². The van der Waals surface area contributed by atoms with Gasteiger partial charge in [-0.2, -0.15) is 0 Å². The number of aromatic nitrogens is 1. The molecule has 126 valence electrons. The molecule has 2 aliphatic heterocycles. The second-order valence-corrected chi connectivity index (χ2v) is 6.60. The molecule has 0 saturated carbocycles. The van der Waals surface area contributed by atoms with Crippen molar-refractivity contribution in [2.75, 3.05) is 26.7 Å². The SMILES string of the molecule is CO[C@H]1C[C@H]2CN(C(=O)Cc3c[nH]c4ccccc34)CC(=O)N2C1. The molecule has 2 aliphatic rings. The Morgan fingerprint density at radius 1 is 1.33 bits per heavy atom. The zero-order valence-electron chi connectivity index (χ0n) is 13.7. The zero-order valence-corrected chi connectivity index (χ0v) is 13.7. The first-order valence-electron chi connectivity index (χ1n) is 8.30. The molecule has 1 N–H and O–H groups in total. The predicted octanol–water partition coefficient (Wildman–Crippen LogP) is 1.17. The predicted molar refractivity (Wildman–Crippen MR) is 89.5 cm³/mol. The van der Waals surface area contributed by atoms with Crippen molar-refractivity contribution < 1.29 is 14.3 Å². The number of piperazine rings is 1. The number of nitrogens with zero attached hydrogens (tertiary/aromatic N) is 2. The van der Waals surface area contributed by atoms with Gasteiger partial charge in [0, 0.05) is 37.3 Å². The van der Waals surface area contributed by atoms with Gasteiger partial charge in [0.2, 0.25) is 11.8 Å². The van der Waals surface area contributed by atoms with E-state index in [9.17, 15) is 9.59 Å². The number of methoxy groups -OCH3 is 1. The van der Waals surface area contributed by atoms with Crippen LogP contribution in [0.15, 0.2) is 30.5 Å². The van der Waals surface area contributed by atoms with E-state index >= 15 is 0 Å². The standard InChI is InChI=1S/C18H21N3O3/c1-24-14-7-13-9-20(11-18(23)21(13)10-14)17(22)6-12-8-19-16-5-3-2-4-15(12)16/h2-5,8,13-14,19H,6-7,9-11H2,1H3/t13-,14-/m0/s1. The second-order valence-electron chi connectivity index (χ2n) is 6.60. The first kappa shape index (κ1) is 15.2. The molecule has 2 fully saturated rings. The van der Waals surface area contributed by atoms with Crippen LogP contribution >= 0.6 is 0 Å². The highest BCUT2D eigenvalue weighted by Crippen LogP contribution is 2.25. The average Bonchev–Trinajstić information content (AvgIpc) is 3.19. The number of H-pyrrole nitrogens is 1. The van der Waals surface area contributed by atoms with Gasteiger partial charge in [0.25, 0.3) is 0 Å². The number of ether oxygens (including phenoxy) is 1. The fourth-order valence-electron chi connectivity index (χ4n) is 3.84. The van der Waals surface area contributed by atoms with E-state index in [1.807, 2.05) is 35.4 Å². The Morgan fingerprint density at radius 3 is 3.00 bits per heavy atom. The van der Waals surface area contributed by atoms with Gasteiger partial charge < -0.3 is 19.5 Å². The molecule has 1 aromatic heterocycles. The Hall–Kier alpha value is -2.34. The Morgan fingerprint density at radius 2 is 2.17 bits per heavy atom. The molecule has 0 aliphatic carbocycles. The molecular formula is C18H21N3O3. The largest absolute Gasteiger partial charge is 0.380 e. The summed E-state index contributed by atoms with van der Waals surface area (Å²) in [5.41, 5.74) is 2.01. The number of para-hydroxylation sites is 1. The van der Waals surface area contributed by atoms with Crippen LogP contribution in [0, 0.1) is 0 Å². The summed E-state index contributed by atoms with van der Waals surface area (Å²) in [7, 11) is 1.67. The molecule has 1 aromatic carbocycles. The number of fused-ring (bicyclic) bond motifs is 2.